The maximum atomic E-state index is 11.9. The van der Waals surface area contributed by atoms with Gasteiger partial charge >= 0.3 is 0 Å². The molecule has 1 unspecified atom stereocenters. The van der Waals surface area contributed by atoms with E-state index in [4.69, 9.17) is 0 Å². The monoisotopic (exact) mass is 240 g/mol. The van der Waals surface area contributed by atoms with E-state index in [-0.39, 0.29) is 10.8 Å². The molecule has 0 aromatic carbocycles. The van der Waals surface area contributed by atoms with E-state index in [1.807, 2.05) is 52.9 Å². The standard InChI is InChI=1S/C12H20N2OS/c1-9-6-7-11(8-13-9)10(2)14-16(15)12(3,4)5/h6-8,10,14H,1-5H3/t10-,16?/m1/s1. The quantitative estimate of drug-likeness (QED) is 0.882. The van der Waals surface area contributed by atoms with Gasteiger partial charge in [0.15, 0.2) is 0 Å². The van der Waals surface area contributed by atoms with Crippen molar-refractivity contribution in [2.24, 2.45) is 0 Å². The predicted molar refractivity (Wildman–Crippen MR) is 68.4 cm³/mol. The van der Waals surface area contributed by atoms with Crippen LogP contribution in [0.1, 0.15) is 45.0 Å². The Morgan fingerprint density at radius 3 is 2.44 bits per heavy atom. The molecule has 2 atom stereocenters. The van der Waals surface area contributed by atoms with Gasteiger partial charge in [0.1, 0.15) is 0 Å². The summed E-state index contributed by atoms with van der Waals surface area (Å²) >= 11 is 0. The number of nitrogens with zero attached hydrogens (tertiary/aromatic N) is 1. The maximum absolute atomic E-state index is 11.9. The Kier molecular flexibility index (Phi) is 4.21. The maximum Gasteiger partial charge on any atom is 0.0975 e. The molecule has 90 valence electrons. The molecule has 0 aliphatic rings. The molecule has 1 N–H and O–H groups in total. The van der Waals surface area contributed by atoms with E-state index in [2.05, 4.69) is 9.71 Å². The van der Waals surface area contributed by atoms with Crippen LogP contribution in [-0.2, 0) is 11.0 Å². The van der Waals surface area contributed by atoms with Crippen molar-refractivity contribution in [3.8, 4) is 0 Å². The highest BCUT2D eigenvalue weighted by Crippen LogP contribution is 2.16. The van der Waals surface area contributed by atoms with Crippen LogP contribution in [0, 0.1) is 6.92 Å². The first kappa shape index (κ1) is 13.3. The molecular formula is C12H20N2OS. The molecule has 16 heavy (non-hydrogen) atoms. The van der Waals surface area contributed by atoms with Gasteiger partial charge in [-0.3, -0.25) is 4.98 Å². The third kappa shape index (κ3) is 3.68. The topological polar surface area (TPSA) is 42.0 Å². The van der Waals surface area contributed by atoms with Crippen LogP contribution in [0.5, 0.6) is 0 Å². The van der Waals surface area contributed by atoms with E-state index in [0.29, 0.717) is 0 Å². The molecule has 0 fully saturated rings. The minimum Gasteiger partial charge on any atom is -0.261 e. The largest absolute Gasteiger partial charge is 0.261 e. The number of aryl methyl sites for hydroxylation is 1. The number of hydrogen-bond acceptors (Lipinski definition) is 2. The van der Waals surface area contributed by atoms with Crippen LogP contribution < -0.4 is 4.72 Å². The lowest BCUT2D eigenvalue weighted by Gasteiger charge is -2.22. The van der Waals surface area contributed by atoms with E-state index < -0.39 is 11.0 Å². The molecule has 3 nitrogen and oxygen atoms in total. The summed E-state index contributed by atoms with van der Waals surface area (Å²) in [7, 11) is -1.05. The second kappa shape index (κ2) is 5.06. The van der Waals surface area contributed by atoms with Gasteiger partial charge in [-0.15, -0.1) is 0 Å². The van der Waals surface area contributed by atoms with Crippen LogP contribution in [0.3, 0.4) is 0 Å². The first-order valence-corrected chi connectivity index (χ1v) is 6.56. The third-order valence-electron chi connectivity index (χ3n) is 2.27. The van der Waals surface area contributed by atoms with Crippen molar-refractivity contribution in [3.63, 3.8) is 0 Å². The lowest BCUT2D eigenvalue weighted by Crippen LogP contribution is -2.34. The molecule has 0 radical (unpaired) electrons. The van der Waals surface area contributed by atoms with Crippen LogP contribution in [0.2, 0.25) is 0 Å². The Bertz CT molecular complexity index is 368. The molecule has 0 saturated heterocycles. The van der Waals surface area contributed by atoms with E-state index in [1.54, 1.807) is 0 Å². The fourth-order valence-electron chi connectivity index (χ4n) is 1.14. The number of rotatable bonds is 3. The van der Waals surface area contributed by atoms with E-state index in [0.717, 1.165) is 11.3 Å². The molecule has 1 aromatic rings. The van der Waals surface area contributed by atoms with Crippen LogP contribution >= 0.6 is 0 Å². The van der Waals surface area contributed by atoms with Crippen LogP contribution in [-0.4, -0.2) is 13.9 Å². The zero-order valence-corrected chi connectivity index (χ0v) is 11.4. The van der Waals surface area contributed by atoms with Crippen LogP contribution in [0.25, 0.3) is 0 Å². The molecule has 0 aliphatic carbocycles. The highest BCUT2D eigenvalue weighted by Gasteiger charge is 2.21. The summed E-state index contributed by atoms with van der Waals surface area (Å²) in [6.07, 6.45) is 1.83. The van der Waals surface area contributed by atoms with Gasteiger partial charge in [0.25, 0.3) is 0 Å². The third-order valence-corrected chi connectivity index (χ3v) is 3.95. The molecule has 0 amide bonds. The molecule has 4 heteroatoms. The van der Waals surface area contributed by atoms with Crippen LogP contribution in [0.4, 0.5) is 0 Å². The Balaban J connectivity index is 2.69. The molecule has 0 bridgehead atoms. The van der Waals surface area contributed by atoms with Gasteiger partial charge in [-0.25, -0.2) is 8.93 Å². The number of nitrogens with one attached hydrogen (secondary N) is 1. The average molecular weight is 240 g/mol. The molecule has 1 rings (SSSR count). The summed E-state index contributed by atoms with van der Waals surface area (Å²) in [6, 6.07) is 4.03. The van der Waals surface area contributed by atoms with Crippen molar-refractivity contribution in [1.82, 2.24) is 9.71 Å². The molecule has 0 saturated carbocycles. The van der Waals surface area contributed by atoms with E-state index in [9.17, 15) is 4.21 Å². The van der Waals surface area contributed by atoms with Gasteiger partial charge in [0, 0.05) is 17.9 Å². The van der Waals surface area contributed by atoms with Crippen molar-refractivity contribution in [1.29, 1.82) is 0 Å². The summed E-state index contributed by atoms with van der Waals surface area (Å²) in [5.41, 5.74) is 2.05. The SMILES string of the molecule is Cc1ccc([C@@H](C)NS(=O)C(C)(C)C)cn1. The van der Waals surface area contributed by atoms with Crippen molar-refractivity contribution in [2.75, 3.05) is 0 Å². The summed E-state index contributed by atoms with van der Waals surface area (Å²) in [4.78, 5) is 4.23. The number of aromatic nitrogens is 1. The van der Waals surface area contributed by atoms with E-state index >= 15 is 0 Å². The molecule has 1 heterocycles. The lowest BCUT2D eigenvalue weighted by atomic mass is 10.1. The van der Waals surface area contributed by atoms with Crippen molar-refractivity contribution < 1.29 is 4.21 Å². The summed E-state index contributed by atoms with van der Waals surface area (Å²) in [6.45, 7) is 9.81. The van der Waals surface area contributed by atoms with Gasteiger partial charge in [0.05, 0.1) is 15.7 Å². The zero-order valence-electron chi connectivity index (χ0n) is 10.6. The first-order valence-electron chi connectivity index (χ1n) is 5.41. The fraction of sp³-hybridized carbons (Fsp3) is 0.583. The van der Waals surface area contributed by atoms with Crippen molar-refractivity contribution >= 4 is 11.0 Å². The van der Waals surface area contributed by atoms with Gasteiger partial charge in [-0.2, -0.15) is 0 Å². The van der Waals surface area contributed by atoms with Crippen LogP contribution in [0.15, 0.2) is 18.3 Å². The second-order valence-corrected chi connectivity index (χ2v) is 6.95. The number of hydrogen-bond donors (Lipinski definition) is 1. The lowest BCUT2D eigenvalue weighted by molar-refractivity contribution is 0.615. The predicted octanol–water partition coefficient (Wildman–Crippen LogP) is 2.50. The Morgan fingerprint density at radius 2 is 2.00 bits per heavy atom. The van der Waals surface area contributed by atoms with E-state index in [1.165, 1.54) is 0 Å². The minimum absolute atomic E-state index is 0.0492. The van der Waals surface area contributed by atoms with Gasteiger partial charge in [-0.05, 0) is 46.2 Å². The summed E-state index contributed by atoms with van der Waals surface area (Å²) < 4.78 is 14.7. The minimum atomic E-state index is -1.05. The molecular weight excluding hydrogens is 220 g/mol. The Labute approximate surface area is 100 Å². The molecule has 0 aliphatic heterocycles. The fourth-order valence-corrected chi connectivity index (χ4v) is 1.95. The molecule has 0 spiro atoms. The first-order chi connectivity index (χ1) is 7.30. The van der Waals surface area contributed by atoms with Gasteiger partial charge in [0.2, 0.25) is 0 Å². The summed E-state index contributed by atoms with van der Waals surface area (Å²) in [5.74, 6) is 0. The van der Waals surface area contributed by atoms with Gasteiger partial charge < -0.3 is 0 Å². The smallest absolute Gasteiger partial charge is 0.0975 e. The Hall–Kier alpha value is -0.740. The zero-order chi connectivity index (χ0) is 12.3. The average Bonchev–Trinajstić information content (AvgIpc) is 2.17. The summed E-state index contributed by atoms with van der Waals surface area (Å²) in [5, 5.41) is 0. The van der Waals surface area contributed by atoms with Crippen molar-refractivity contribution in [2.45, 2.75) is 45.4 Å². The number of pyridine rings is 1. The van der Waals surface area contributed by atoms with Gasteiger partial charge in [-0.1, -0.05) is 6.07 Å². The highest BCUT2D eigenvalue weighted by molar-refractivity contribution is 7.84. The normalized spacial score (nSPS) is 15.8. The Morgan fingerprint density at radius 1 is 1.38 bits per heavy atom. The second-order valence-electron chi connectivity index (χ2n) is 4.95. The highest BCUT2D eigenvalue weighted by atomic mass is 32.2. The molecule has 1 aromatic heterocycles. The van der Waals surface area contributed by atoms with Crippen molar-refractivity contribution in [3.05, 3.63) is 29.6 Å².